The van der Waals surface area contributed by atoms with Gasteiger partial charge in [-0.05, 0) is 29.8 Å². The number of ether oxygens (including phenoxy) is 1. The molecule has 0 aliphatic carbocycles. The Bertz CT molecular complexity index is 647. The lowest BCUT2D eigenvalue weighted by molar-refractivity contribution is -0.123. The Hall–Kier alpha value is -1.42. The van der Waals surface area contributed by atoms with E-state index in [0.717, 1.165) is 5.56 Å². The lowest BCUT2D eigenvalue weighted by Crippen LogP contribution is -2.28. The van der Waals surface area contributed by atoms with Gasteiger partial charge in [0.15, 0.2) is 6.61 Å². The van der Waals surface area contributed by atoms with Gasteiger partial charge >= 0.3 is 0 Å². The lowest BCUT2D eigenvalue weighted by Gasteiger charge is -2.09. The number of halogens is 3. The van der Waals surface area contributed by atoms with Gasteiger partial charge in [-0.2, -0.15) is 0 Å². The molecule has 0 aromatic heterocycles. The maximum atomic E-state index is 11.7. The van der Waals surface area contributed by atoms with Gasteiger partial charge in [0, 0.05) is 22.7 Å². The third kappa shape index (κ3) is 5.12. The highest BCUT2D eigenvalue weighted by molar-refractivity contribution is 6.34. The minimum absolute atomic E-state index is 0.138. The predicted molar refractivity (Wildman–Crippen MR) is 85.3 cm³/mol. The SMILES string of the molecule is O=C(COc1cc(Cl)ccc1Cl)NCc1cccc(Cl)c1. The number of nitrogens with one attached hydrogen (secondary N) is 1. The normalized spacial score (nSPS) is 10.2. The Morgan fingerprint density at radius 2 is 1.81 bits per heavy atom. The molecule has 6 heteroatoms. The fraction of sp³-hybridized carbons (Fsp3) is 0.133. The maximum absolute atomic E-state index is 11.7. The van der Waals surface area contributed by atoms with Crippen molar-refractivity contribution in [2.24, 2.45) is 0 Å². The minimum atomic E-state index is -0.258. The summed E-state index contributed by atoms with van der Waals surface area (Å²) < 4.78 is 5.34. The van der Waals surface area contributed by atoms with E-state index in [1.54, 1.807) is 30.3 Å². The minimum Gasteiger partial charge on any atom is -0.482 e. The first-order valence-corrected chi connectivity index (χ1v) is 7.27. The van der Waals surface area contributed by atoms with Crippen molar-refractivity contribution in [3.63, 3.8) is 0 Å². The number of amides is 1. The van der Waals surface area contributed by atoms with Crippen LogP contribution in [0.4, 0.5) is 0 Å². The van der Waals surface area contributed by atoms with Crippen LogP contribution in [0, 0.1) is 0 Å². The van der Waals surface area contributed by atoms with Crippen LogP contribution >= 0.6 is 34.8 Å². The Kier molecular flexibility index (Phi) is 5.74. The van der Waals surface area contributed by atoms with E-state index in [1.165, 1.54) is 0 Å². The molecule has 21 heavy (non-hydrogen) atoms. The largest absolute Gasteiger partial charge is 0.482 e. The monoisotopic (exact) mass is 343 g/mol. The van der Waals surface area contributed by atoms with Gasteiger partial charge in [-0.15, -0.1) is 0 Å². The second-order valence-corrected chi connectivity index (χ2v) is 5.55. The first-order valence-electron chi connectivity index (χ1n) is 6.13. The zero-order valence-corrected chi connectivity index (χ0v) is 13.2. The van der Waals surface area contributed by atoms with E-state index >= 15 is 0 Å². The Morgan fingerprint density at radius 1 is 1.05 bits per heavy atom. The molecule has 2 rings (SSSR count). The predicted octanol–water partition coefficient (Wildman–Crippen LogP) is 4.34. The van der Waals surface area contributed by atoms with E-state index in [-0.39, 0.29) is 12.5 Å². The van der Waals surface area contributed by atoms with Crippen molar-refractivity contribution < 1.29 is 9.53 Å². The number of carbonyl (C=O) groups excluding carboxylic acids is 1. The van der Waals surface area contributed by atoms with E-state index in [9.17, 15) is 4.79 Å². The standard InChI is InChI=1S/C15H12Cl3NO2/c16-11-3-1-2-10(6-11)8-19-15(20)9-21-14-7-12(17)4-5-13(14)18/h1-7H,8-9H2,(H,19,20). The van der Waals surface area contributed by atoms with Gasteiger partial charge in [0.25, 0.3) is 5.91 Å². The molecular weight excluding hydrogens is 333 g/mol. The quantitative estimate of drug-likeness (QED) is 0.876. The van der Waals surface area contributed by atoms with Crippen molar-refractivity contribution >= 4 is 40.7 Å². The van der Waals surface area contributed by atoms with E-state index in [2.05, 4.69) is 5.32 Å². The summed E-state index contributed by atoms with van der Waals surface area (Å²) in [5, 5.41) is 4.26. The summed E-state index contributed by atoms with van der Waals surface area (Å²) in [4.78, 5) is 11.7. The van der Waals surface area contributed by atoms with Crippen LogP contribution in [0.2, 0.25) is 15.1 Å². The topological polar surface area (TPSA) is 38.3 Å². The van der Waals surface area contributed by atoms with Crippen molar-refractivity contribution in [2.75, 3.05) is 6.61 Å². The highest BCUT2D eigenvalue weighted by Crippen LogP contribution is 2.27. The fourth-order valence-electron chi connectivity index (χ4n) is 1.63. The van der Waals surface area contributed by atoms with Crippen LogP contribution in [-0.2, 0) is 11.3 Å². The molecule has 1 amide bonds. The summed E-state index contributed by atoms with van der Waals surface area (Å²) in [5.41, 5.74) is 0.914. The summed E-state index contributed by atoms with van der Waals surface area (Å²) >= 11 is 17.6. The van der Waals surface area contributed by atoms with E-state index in [1.807, 2.05) is 12.1 Å². The van der Waals surface area contributed by atoms with Crippen molar-refractivity contribution in [1.82, 2.24) is 5.32 Å². The number of hydrogen-bond acceptors (Lipinski definition) is 2. The van der Waals surface area contributed by atoms with Crippen LogP contribution < -0.4 is 10.1 Å². The van der Waals surface area contributed by atoms with Crippen LogP contribution in [0.3, 0.4) is 0 Å². The number of benzene rings is 2. The number of carbonyl (C=O) groups is 1. The van der Waals surface area contributed by atoms with Crippen molar-refractivity contribution in [3.05, 3.63) is 63.1 Å². The molecule has 0 spiro atoms. The molecule has 0 fully saturated rings. The molecule has 3 nitrogen and oxygen atoms in total. The van der Waals surface area contributed by atoms with E-state index < -0.39 is 0 Å². The summed E-state index contributed by atoms with van der Waals surface area (Å²) in [6.07, 6.45) is 0. The molecule has 0 aliphatic rings. The molecule has 0 atom stereocenters. The molecule has 0 heterocycles. The highest BCUT2D eigenvalue weighted by atomic mass is 35.5. The zero-order valence-electron chi connectivity index (χ0n) is 10.9. The Labute approximate surface area is 137 Å². The molecule has 0 aliphatic heterocycles. The van der Waals surface area contributed by atoms with Crippen LogP contribution in [0.25, 0.3) is 0 Å². The number of rotatable bonds is 5. The number of hydrogen-bond donors (Lipinski definition) is 1. The van der Waals surface area contributed by atoms with Crippen LogP contribution in [0.5, 0.6) is 5.75 Å². The fourth-order valence-corrected chi connectivity index (χ4v) is 2.18. The lowest BCUT2D eigenvalue weighted by atomic mass is 10.2. The summed E-state index contributed by atoms with van der Waals surface area (Å²) in [5.74, 6) is 0.119. The van der Waals surface area contributed by atoms with Gasteiger partial charge in [-0.3, -0.25) is 4.79 Å². The van der Waals surface area contributed by atoms with Gasteiger partial charge in [0.05, 0.1) is 5.02 Å². The van der Waals surface area contributed by atoms with Gasteiger partial charge in [-0.1, -0.05) is 46.9 Å². The summed E-state index contributed by atoms with van der Waals surface area (Å²) in [7, 11) is 0. The Morgan fingerprint density at radius 3 is 2.57 bits per heavy atom. The molecule has 0 saturated carbocycles. The first kappa shape index (κ1) is 16.0. The van der Waals surface area contributed by atoms with Crippen LogP contribution in [0.15, 0.2) is 42.5 Å². The van der Waals surface area contributed by atoms with E-state index in [4.69, 9.17) is 39.5 Å². The van der Waals surface area contributed by atoms with Gasteiger partial charge in [-0.25, -0.2) is 0 Å². The van der Waals surface area contributed by atoms with Gasteiger partial charge in [0.1, 0.15) is 5.75 Å². The average molecular weight is 345 g/mol. The maximum Gasteiger partial charge on any atom is 0.258 e. The molecular formula is C15H12Cl3NO2. The van der Waals surface area contributed by atoms with E-state index in [0.29, 0.717) is 27.4 Å². The summed E-state index contributed by atoms with van der Waals surface area (Å²) in [6, 6.07) is 12.1. The summed E-state index contributed by atoms with van der Waals surface area (Å²) in [6.45, 7) is 0.243. The van der Waals surface area contributed by atoms with Gasteiger partial charge < -0.3 is 10.1 Å². The molecule has 0 bridgehead atoms. The molecule has 110 valence electrons. The highest BCUT2D eigenvalue weighted by Gasteiger charge is 2.06. The Balaban J connectivity index is 1.83. The van der Waals surface area contributed by atoms with Crippen molar-refractivity contribution in [3.8, 4) is 5.75 Å². The molecule has 1 N–H and O–H groups in total. The second-order valence-electron chi connectivity index (χ2n) is 4.27. The molecule has 0 saturated heterocycles. The molecule has 2 aromatic rings. The zero-order chi connectivity index (χ0) is 15.2. The van der Waals surface area contributed by atoms with Gasteiger partial charge in [0.2, 0.25) is 0 Å². The van der Waals surface area contributed by atoms with Crippen molar-refractivity contribution in [2.45, 2.75) is 6.54 Å². The smallest absolute Gasteiger partial charge is 0.258 e. The third-order valence-corrected chi connectivity index (χ3v) is 3.41. The molecule has 0 radical (unpaired) electrons. The average Bonchev–Trinajstić information content (AvgIpc) is 2.46. The second kappa shape index (κ2) is 7.55. The first-order chi connectivity index (χ1) is 10.0. The third-order valence-electron chi connectivity index (χ3n) is 2.63. The molecule has 0 unspecified atom stereocenters. The van der Waals surface area contributed by atoms with Crippen LogP contribution in [0.1, 0.15) is 5.56 Å². The van der Waals surface area contributed by atoms with Crippen LogP contribution in [-0.4, -0.2) is 12.5 Å². The molecule has 2 aromatic carbocycles. The van der Waals surface area contributed by atoms with Crippen molar-refractivity contribution in [1.29, 1.82) is 0 Å².